The van der Waals surface area contributed by atoms with Gasteiger partial charge in [0.15, 0.2) is 16.8 Å². The highest BCUT2D eigenvalue weighted by atomic mass is 35.5. The Balaban J connectivity index is 2.22. The molecule has 0 aliphatic rings. The molecule has 0 unspecified atom stereocenters. The number of aryl methyl sites for hydroxylation is 1. The normalized spacial score (nSPS) is 11.1. The summed E-state index contributed by atoms with van der Waals surface area (Å²) in [5.41, 5.74) is 1.63. The highest BCUT2D eigenvalue weighted by Crippen LogP contribution is 2.27. The molecule has 1 aromatic carbocycles. The second-order valence-electron chi connectivity index (χ2n) is 4.11. The molecule has 0 fully saturated rings. The molecule has 96 valence electrons. The van der Waals surface area contributed by atoms with Gasteiger partial charge in [0.2, 0.25) is 0 Å². The summed E-state index contributed by atoms with van der Waals surface area (Å²) in [7, 11) is 1.83. The average Bonchev–Trinajstić information content (AvgIpc) is 2.93. The lowest BCUT2D eigenvalue weighted by Crippen LogP contribution is -1.95. The zero-order valence-electron chi connectivity index (χ0n) is 9.92. The Hall–Kier alpha value is -2.27. The topological polar surface area (TPSA) is 68.3 Å². The van der Waals surface area contributed by atoms with Crippen LogP contribution in [0.1, 0.15) is 10.4 Å². The highest BCUT2D eigenvalue weighted by molar-refractivity contribution is 6.28. The number of nitrogens with zero attached hydrogens (tertiary/aromatic N) is 2. The number of imidazole rings is 1. The van der Waals surface area contributed by atoms with Gasteiger partial charge in [-0.15, -0.1) is 0 Å². The highest BCUT2D eigenvalue weighted by Gasteiger charge is 2.14. The summed E-state index contributed by atoms with van der Waals surface area (Å²) >= 11 is 5.75. The zero-order chi connectivity index (χ0) is 13.6. The van der Waals surface area contributed by atoms with E-state index < -0.39 is 5.97 Å². The average molecular weight is 277 g/mol. The number of carboxylic acid groups (broad SMARTS) is 1. The summed E-state index contributed by atoms with van der Waals surface area (Å²) in [6.45, 7) is 0. The molecule has 0 saturated carbocycles. The number of furan rings is 1. The zero-order valence-corrected chi connectivity index (χ0v) is 10.7. The van der Waals surface area contributed by atoms with Crippen LogP contribution >= 0.6 is 11.6 Å². The molecular weight excluding hydrogens is 268 g/mol. The molecule has 0 atom stereocenters. The Labute approximate surface area is 113 Å². The van der Waals surface area contributed by atoms with Gasteiger partial charge in [-0.2, -0.15) is 0 Å². The van der Waals surface area contributed by atoms with Crippen molar-refractivity contribution in [1.82, 2.24) is 9.55 Å². The van der Waals surface area contributed by atoms with E-state index in [1.807, 2.05) is 11.6 Å². The van der Waals surface area contributed by atoms with Crippen molar-refractivity contribution in [3.05, 3.63) is 41.1 Å². The summed E-state index contributed by atoms with van der Waals surface area (Å²) in [5, 5.41) is 9.26. The van der Waals surface area contributed by atoms with Crippen molar-refractivity contribution in [1.29, 1.82) is 0 Å². The van der Waals surface area contributed by atoms with E-state index in [0.29, 0.717) is 17.1 Å². The third-order valence-electron chi connectivity index (χ3n) is 2.92. The van der Waals surface area contributed by atoms with Gasteiger partial charge in [0, 0.05) is 7.05 Å². The minimum absolute atomic E-state index is 0.203. The van der Waals surface area contributed by atoms with Gasteiger partial charge in [-0.1, -0.05) is 0 Å². The summed E-state index contributed by atoms with van der Waals surface area (Å²) in [4.78, 5) is 15.3. The smallest absolute Gasteiger partial charge is 0.335 e. The first-order chi connectivity index (χ1) is 9.06. The Kier molecular flexibility index (Phi) is 2.57. The van der Waals surface area contributed by atoms with E-state index in [1.54, 1.807) is 24.3 Å². The molecule has 6 heteroatoms. The van der Waals surface area contributed by atoms with E-state index >= 15 is 0 Å². The van der Waals surface area contributed by atoms with E-state index in [1.165, 1.54) is 6.07 Å². The number of aromatic nitrogens is 2. The van der Waals surface area contributed by atoms with Crippen molar-refractivity contribution in [3.63, 3.8) is 0 Å². The molecule has 0 amide bonds. The third-order valence-corrected chi connectivity index (χ3v) is 3.12. The molecule has 19 heavy (non-hydrogen) atoms. The number of carboxylic acids is 1. The Morgan fingerprint density at radius 1 is 1.37 bits per heavy atom. The summed E-state index contributed by atoms with van der Waals surface area (Å²) in [6, 6.07) is 8.16. The molecule has 0 aliphatic heterocycles. The van der Waals surface area contributed by atoms with Crippen molar-refractivity contribution in [3.8, 4) is 11.6 Å². The number of carbonyl (C=O) groups is 1. The fourth-order valence-corrected chi connectivity index (χ4v) is 2.13. The standard InChI is InChI=1S/C13H9ClN2O3/c1-16-9-3-2-7(13(17)18)6-8(9)15-12(16)10-4-5-11(14)19-10/h2-6H,1H3,(H,17,18). The number of rotatable bonds is 2. The minimum Gasteiger partial charge on any atom is -0.478 e. The van der Waals surface area contributed by atoms with Crippen LogP contribution in [0.2, 0.25) is 5.22 Å². The number of aromatic carboxylic acids is 1. The van der Waals surface area contributed by atoms with Crippen LogP contribution in [0.25, 0.3) is 22.6 Å². The maximum atomic E-state index is 10.9. The van der Waals surface area contributed by atoms with Gasteiger partial charge in [-0.05, 0) is 41.9 Å². The van der Waals surface area contributed by atoms with E-state index in [2.05, 4.69) is 4.98 Å². The SMILES string of the molecule is Cn1c(-c2ccc(Cl)o2)nc2cc(C(=O)O)ccc21. The number of hydrogen-bond acceptors (Lipinski definition) is 3. The summed E-state index contributed by atoms with van der Waals surface area (Å²) in [5.74, 6) is 0.167. The molecule has 2 aromatic heterocycles. The second kappa shape index (κ2) is 4.13. The van der Waals surface area contributed by atoms with Crippen molar-refractivity contribution in [2.45, 2.75) is 0 Å². The second-order valence-corrected chi connectivity index (χ2v) is 4.48. The summed E-state index contributed by atoms with van der Waals surface area (Å²) in [6.07, 6.45) is 0. The monoisotopic (exact) mass is 276 g/mol. The number of hydrogen-bond donors (Lipinski definition) is 1. The lowest BCUT2D eigenvalue weighted by atomic mass is 10.2. The number of fused-ring (bicyclic) bond motifs is 1. The molecule has 3 rings (SSSR count). The lowest BCUT2D eigenvalue weighted by molar-refractivity contribution is 0.0697. The van der Waals surface area contributed by atoms with Crippen LogP contribution in [0.3, 0.4) is 0 Å². The van der Waals surface area contributed by atoms with Gasteiger partial charge in [-0.3, -0.25) is 0 Å². The molecule has 3 aromatic rings. The van der Waals surface area contributed by atoms with Crippen molar-refractivity contribution < 1.29 is 14.3 Å². The Morgan fingerprint density at radius 2 is 2.16 bits per heavy atom. The molecule has 0 spiro atoms. The fourth-order valence-electron chi connectivity index (χ4n) is 1.99. The van der Waals surface area contributed by atoms with Crippen LogP contribution < -0.4 is 0 Å². The summed E-state index contributed by atoms with van der Waals surface area (Å²) < 4.78 is 7.15. The van der Waals surface area contributed by atoms with Gasteiger partial charge in [0.25, 0.3) is 0 Å². The molecule has 0 bridgehead atoms. The maximum absolute atomic E-state index is 10.9. The largest absolute Gasteiger partial charge is 0.478 e. The fraction of sp³-hybridized carbons (Fsp3) is 0.0769. The van der Waals surface area contributed by atoms with Crippen molar-refractivity contribution >= 4 is 28.6 Å². The van der Waals surface area contributed by atoms with Crippen LogP contribution in [-0.2, 0) is 7.05 Å². The Bertz CT molecular complexity index is 788. The molecule has 5 nitrogen and oxygen atoms in total. The predicted octanol–water partition coefficient (Wildman–Crippen LogP) is 3.18. The predicted molar refractivity (Wildman–Crippen MR) is 70.4 cm³/mol. The first kappa shape index (κ1) is 11.8. The van der Waals surface area contributed by atoms with E-state index in [0.717, 1.165) is 5.52 Å². The van der Waals surface area contributed by atoms with E-state index in [-0.39, 0.29) is 10.8 Å². The first-order valence-electron chi connectivity index (χ1n) is 5.52. The Morgan fingerprint density at radius 3 is 2.79 bits per heavy atom. The third kappa shape index (κ3) is 1.88. The van der Waals surface area contributed by atoms with Crippen LogP contribution in [0.4, 0.5) is 0 Å². The van der Waals surface area contributed by atoms with Crippen LogP contribution in [0.15, 0.2) is 34.7 Å². The van der Waals surface area contributed by atoms with Crippen molar-refractivity contribution in [2.24, 2.45) is 7.05 Å². The van der Waals surface area contributed by atoms with Crippen LogP contribution in [0.5, 0.6) is 0 Å². The van der Waals surface area contributed by atoms with Gasteiger partial charge >= 0.3 is 5.97 Å². The number of halogens is 1. The van der Waals surface area contributed by atoms with Crippen LogP contribution in [0, 0.1) is 0 Å². The van der Waals surface area contributed by atoms with E-state index in [9.17, 15) is 4.79 Å². The van der Waals surface area contributed by atoms with Gasteiger partial charge in [0.05, 0.1) is 16.6 Å². The molecule has 0 saturated heterocycles. The van der Waals surface area contributed by atoms with Crippen molar-refractivity contribution in [2.75, 3.05) is 0 Å². The van der Waals surface area contributed by atoms with Crippen LogP contribution in [-0.4, -0.2) is 20.6 Å². The lowest BCUT2D eigenvalue weighted by Gasteiger charge is -1.98. The maximum Gasteiger partial charge on any atom is 0.335 e. The van der Waals surface area contributed by atoms with Gasteiger partial charge in [-0.25, -0.2) is 9.78 Å². The molecular formula is C13H9ClN2O3. The van der Waals surface area contributed by atoms with Gasteiger partial charge < -0.3 is 14.1 Å². The van der Waals surface area contributed by atoms with Gasteiger partial charge in [0.1, 0.15) is 0 Å². The van der Waals surface area contributed by atoms with E-state index in [4.69, 9.17) is 21.1 Å². The molecule has 2 heterocycles. The molecule has 0 aliphatic carbocycles. The molecule has 1 N–H and O–H groups in total. The quantitative estimate of drug-likeness (QED) is 0.780. The minimum atomic E-state index is -0.977. The number of benzene rings is 1. The first-order valence-corrected chi connectivity index (χ1v) is 5.89. The molecule has 0 radical (unpaired) electrons.